The molecule has 0 aliphatic rings. The molecular weight excluding hydrogens is 164 g/mol. The highest BCUT2D eigenvalue weighted by Gasteiger charge is 2.07. The average Bonchev–Trinajstić information content (AvgIpc) is 2.30. The third-order valence-corrected chi connectivity index (χ3v) is 2.03. The van der Waals surface area contributed by atoms with E-state index in [1.807, 2.05) is 6.92 Å². The molecule has 1 unspecified atom stereocenters. The van der Waals surface area contributed by atoms with Crippen LogP contribution in [0.25, 0.3) is 0 Å². The fourth-order valence-corrected chi connectivity index (χ4v) is 1.51. The molecule has 0 fully saturated rings. The highest BCUT2D eigenvalue weighted by Crippen LogP contribution is 2.06. The maximum Gasteiger partial charge on any atom is 0.205 e. The Morgan fingerprint density at radius 2 is 2.45 bits per heavy atom. The fourth-order valence-electron chi connectivity index (χ4n) is 0.889. The van der Waals surface area contributed by atoms with Crippen molar-refractivity contribution in [2.45, 2.75) is 25.4 Å². The van der Waals surface area contributed by atoms with Crippen LogP contribution in [0.1, 0.15) is 12.6 Å². The molecule has 0 saturated carbocycles. The molecule has 1 heterocycles. The maximum atomic E-state index is 10.6. The second kappa shape index (κ2) is 3.15. The summed E-state index contributed by atoms with van der Waals surface area (Å²) in [5.74, 6) is 0. The monoisotopic (exact) mass is 174 g/mol. The Kier molecular flexibility index (Phi) is 2.41. The van der Waals surface area contributed by atoms with Crippen molar-refractivity contribution in [3.8, 4) is 0 Å². The predicted molar refractivity (Wildman–Crippen MR) is 41.7 cm³/mol. The van der Waals surface area contributed by atoms with Crippen molar-refractivity contribution in [1.29, 1.82) is 0 Å². The van der Waals surface area contributed by atoms with Gasteiger partial charge in [0.1, 0.15) is 0 Å². The van der Waals surface area contributed by atoms with Gasteiger partial charge in [-0.3, -0.25) is 4.68 Å². The van der Waals surface area contributed by atoms with E-state index in [1.54, 1.807) is 13.0 Å². The molecule has 1 aromatic heterocycles. The SMILES string of the molecule is CCn1nc(C)cc1S(=O)O. The van der Waals surface area contributed by atoms with Crippen LogP contribution < -0.4 is 0 Å². The molecule has 1 rings (SSSR count). The van der Waals surface area contributed by atoms with E-state index in [1.165, 1.54) is 4.68 Å². The molecule has 0 radical (unpaired) electrons. The van der Waals surface area contributed by atoms with Gasteiger partial charge in [-0.15, -0.1) is 0 Å². The summed E-state index contributed by atoms with van der Waals surface area (Å²) < 4.78 is 20.9. The van der Waals surface area contributed by atoms with Gasteiger partial charge in [0.25, 0.3) is 0 Å². The molecule has 11 heavy (non-hydrogen) atoms. The van der Waals surface area contributed by atoms with Gasteiger partial charge >= 0.3 is 0 Å². The van der Waals surface area contributed by atoms with E-state index >= 15 is 0 Å². The minimum absolute atomic E-state index is 0.366. The Balaban J connectivity index is 3.12. The van der Waals surface area contributed by atoms with Crippen molar-refractivity contribution < 1.29 is 8.76 Å². The molecule has 1 N–H and O–H groups in total. The van der Waals surface area contributed by atoms with Gasteiger partial charge in [0.15, 0.2) is 5.03 Å². The summed E-state index contributed by atoms with van der Waals surface area (Å²) in [6.07, 6.45) is 0. The lowest BCUT2D eigenvalue weighted by Crippen LogP contribution is -2.03. The summed E-state index contributed by atoms with van der Waals surface area (Å²) in [6, 6.07) is 1.61. The number of hydrogen-bond acceptors (Lipinski definition) is 2. The zero-order valence-electron chi connectivity index (χ0n) is 6.44. The van der Waals surface area contributed by atoms with Gasteiger partial charge < -0.3 is 4.55 Å². The minimum Gasteiger partial charge on any atom is -0.301 e. The molecule has 0 amide bonds. The lowest BCUT2D eigenvalue weighted by Gasteiger charge is -1.97. The number of rotatable bonds is 2. The van der Waals surface area contributed by atoms with E-state index in [2.05, 4.69) is 5.10 Å². The molecular formula is C6H10N2O2S. The van der Waals surface area contributed by atoms with Crippen molar-refractivity contribution in [3.63, 3.8) is 0 Å². The van der Waals surface area contributed by atoms with E-state index in [0.29, 0.717) is 11.6 Å². The molecule has 0 saturated heterocycles. The van der Waals surface area contributed by atoms with Gasteiger partial charge in [-0.2, -0.15) is 5.10 Å². The van der Waals surface area contributed by atoms with E-state index in [0.717, 1.165) is 5.69 Å². The molecule has 0 spiro atoms. The van der Waals surface area contributed by atoms with Gasteiger partial charge in [-0.25, -0.2) is 4.21 Å². The van der Waals surface area contributed by atoms with Crippen molar-refractivity contribution in [1.82, 2.24) is 9.78 Å². The number of aromatic nitrogens is 2. The van der Waals surface area contributed by atoms with Crippen molar-refractivity contribution >= 4 is 11.1 Å². The largest absolute Gasteiger partial charge is 0.301 e. The Morgan fingerprint density at radius 1 is 1.82 bits per heavy atom. The standard InChI is InChI=1S/C6H10N2O2S/c1-3-8-6(11(9)10)4-5(2)7-8/h4H,3H2,1-2H3,(H,9,10). The second-order valence-electron chi connectivity index (χ2n) is 2.19. The number of nitrogens with zero attached hydrogens (tertiary/aromatic N) is 2. The van der Waals surface area contributed by atoms with Crippen LogP contribution in [0.3, 0.4) is 0 Å². The van der Waals surface area contributed by atoms with Crippen LogP contribution in [0, 0.1) is 6.92 Å². The molecule has 5 heteroatoms. The first kappa shape index (κ1) is 8.42. The Bertz CT molecular complexity index is 282. The molecule has 0 aromatic carbocycles. The van der Waals surface area contributed by atoms with Gasteiger partial charge in [-0.05, 0) is 19.9 Å². The zero-order chi connectivity index (χ0) is 8.43. The summed E-state index contributed by atoms with van der Waals surface area (Å²) in [5, 5.41) is 4.38. The number of aryl methyl sites for hydroxylation is 2. The van der Waals surface area contributed by atoms with Crippen LogP contribution >= 0.6 is 0 Å². The first-order valence-corrected chi connectivity index (χ1v) is 4.41. The first-order valence-electron chi connectivity index (χ1n) is 3.30. The normalized spacial score (nSPS) is 13.4. The smallest absolute Gasteiger partial charge is 0.205 e. The summed E-state index contributed by atoms with van der Waals surface area (Å²) in [5.41, 5.74) is 0.768. The van der Waals surface area contributed by atoms with E-state index in [9.17, 15) is 4.21 Å². The van der Waals surface area contributed by atoms with Gasteiger partial charge in [-0.1, -0.05) is 0 Å². The third-order valence-electron chi connectivity index (χ3n) is 1.34. The molecule has 1 aromatic rings. The van der Waals surface area contributed by atoms with E-state index in [-0.39, 0.29) is 0 Å². The molecule has 0 aliphatic carbocycles. The highest BCUT2D eigenvalue weighted by atomic mass is 32.2. The van der Waals surface area contributed by atoms with Crippen LogP contribution in [-0.2, 0) is 17.6 Å². The second-order valence-corrected chi connectivity index (χ2v) is 3.11. The molecule has 62 valence electrons. The topological polar surface area (TPSA) is 55.1 Å². The lowest BCUT2D eigenvalue weighted by molar-refractivity contribution is 0.531. The summed E-state index contributed by atoms with van der Waals surface area (Å²) in [4.78, 5) is 0. The Hall–Kier alpha value is -0.680. The van der Waals surface area contributed by atoms with Gasteiger partial charge in [0, 0.05) is 6.54 Å². The van der Waals surface area contributed by atoms with Crippen molar-refractivity contribution in [2.24, 2.45) is 0 Å². The molecule has 4 nitrogen and oxygen atoms in total. The minimum atomic E-state index is -1.92. The van der Waals surface area contributed by atoms with E-state index in [4.69, 9.17) is 4.55 Å². The molecule has 0 bridgehead atoms. The van der Waals surface area contributed by atoms with Crippen LogP contribution in [0.2, 0.25) is 0 Å². The summed E-state index contributed by atoms with van der Waals surface area (Å²) >= 11 is -1.92. The molecule has 0 aliphatic heterocycles. The van der Waals surface area contributed by atoms with Gasteiger partial charge in [0.2, 0.25) is 11.1 Å². The predicted octanol–water partition coefficient (Wildman–Crippen LogP) is 0.792. The first-order chi connectivity index (χ1) is 5.15. The van der Waals surface area contributed by atoms with Gasteiger partial charge in [0.05, 0.1) is 5.69 Å². The highest BCUT2D eigenvalue weighted by molar-refractivity contribution is 7.79. The summed E-state index contributed by atoms with van der Waals surface area (Å²) in [6.45, 7) is 4.29. The Morgan fingerprint density at radius 3 is 2.82 bits per heavy atom. The van der Waals surface area contributed by atoms with Crippen LogP contribution in [0.4, 0.5) is 0 Å². The summed E-state index contributed by atoms with van der Waals surface area (Å²) in [7, 11) is 0. The van der Waals surface area contributed by atoms with Crippen LogP contribution in [0.5, 0.6) is 0 Å². The third kappa shape index (κ3) is 1.66. The fraction of sp³-hybridized carbons (Fsp3) is 0.500. The molecule has 1 atom stereocenters. The van der Waals surface area contributed by atoms with Crippen LogP contribution in [0.15, 0.2) is 11.1 Å². The lowest BCUT2D eigenvalue weighted by atomic mass is 10.5. The average molecular weight is 174 g/mol. The van der Waals surface area contributed by atoms with Crippen molar-refractivity contribution in [3.05, 3.63) is 11.8 Å². The van der Waals surface area contributed by atoms with E-state index < -0.39 is 11.1 Å². The quantitative estimate of drug-likeness (QED) is 0.674. The van der Waals surface area contributed by atoms with Crippen LogP contribution in [-0.4, -0.2) is 18.5 Å². The Labute approximate surface area is 67.5 Å². The maximum absolute atomic E-state index is 10.6. The zero-order valence-corrected chi connectivity index (χ0v) is 7.26. The van der Waals surface area contributed by atoms with Crippen molar-refractivity contribution in [2.75, 3.05) is 0 Å². The number of hydrogen-bond donors (Lipinski definition) is 1.